The highest BCUT2D eigenvalue weighted by molar-refractivity contribution is 6.08. The van der Waals surface area contributed by atoms with Crippen LogP contribution in [0.3, 0.4) is 0 Å². The van der Waals surface area contributed by atoms with Crippen LogP contribution in [-0.4, -0.2) is 39.5 Å². The summed E-state index contributed by atoms with van der Waals surface area (Å²) in [4.78, 5) is 35.9. The van der Waals surface area contributed by atoms with Crippen LogP contribution >= 0.6 is 0 Å². The topological polar surface area (TPSA) is 110 Å². The summed E-state index contributed by atoms with van der Waals surface area (Å²) in [5, 5.41) is 22.0. The fraction of sp³-hybridized carbons (Fsp3) is 0.375. The van der Waals surface area contributed by atoms with E-state index in [0.717, 1.165) is 6.08 Å². The molecule has 1 atom stereocenters. The van der Waals surface area contributed by atoms with Gasteiger partial charge in [-0.3, -0.25) is 14.4 Å². The third kappa shape index (κ3) is 5.23. The molecule has 0 amide bonds. The number of aromatic hydroxyl groups is 2. The van der Waals surface area contributed by atoms with Crippen LogP contribution < -0.4 is 0 Å². The molecule has 0 saturated carbocycles. The molecule has 0 aromatic heterocycles. The molecule has 0 spiro atoms. The van der Waals surface area contributed by atoms with Gasteiger partial charge in [0.1, 0.15) is 34.7 Å². The zero-order valence-electron chi connectivity index (χ0n) is 18.0. The Kier molecular flexibility index (Phi) is 6.06. The minimum absolute atomic E-state index is 0.0478. The fourth-order valence-corrected chi connectivity index (χ4v) is 3.67. The Hall–Kier alpha value is -3.35. The van der Waals surface area contributed by atoms with Crippen LogP contribution in [0.2, 0.25) is 0 Å². The van der Waals surface area contributed by atoms with Gasteiger partial charge in [-0.05, 0) is 50.8 Å². The Balaban J connectivity index is 2.06. The van der Waals surface area contributed by atoms with Crippen molar-refractivity contribution >= 4 is 34.1 Å². The van der Waals surface area contributed by atoms with Gasteiger partial charge in [-0.15, -0.1) is 0 Å². The van der Waals surface area contributed by atoms with Crippen molar-refractivity contribution in [1.82, 2.24) is 0 Å². The molecule has 1 heterocycles. The van der Waals surface area contributed by atoms with Gasteiger partial charge in [-0.25, -0.2) is 0 Å². The largest absolute Gasteiger partial charge is 0.507 e. The number of rotatable bonds is 5. The Bertz CT molecular complexity index is 1090. The average Bonchev–Trinajstić information content (AvgIpc) is 2.58. The minimum atomic E-state index is -0.647. The van der Waals surface area contributed by atoms with E-state index < -0.39 is 23.5 Å². The molecule has 0 aliphatic carbocycles. The summed E-state index contributed by atoms with van der Waals surface area (Å²) in [5.74, 6) is -1.50. The molecule has 2 aromatic carbocycles. The average molecular weight is 426 g/mol. The van der Waals surface area contributed by atoms with Crippen LogP contribution in [0.4, 0.5) is 0 Å². The molecular weight excluding hydrogens is 400 g/mol. The van der Waals surface area contributed by atoms with E-state index in [-0.39, 0.29) is 46.8 Å². The van der Waals surface area contributed by atoms with Gasteiger partial charge in [0, 0.05) is 12.5 Å². The maximum atomic E-state index is 12.3. The second kappa shape index (κ2) is 8.41. The molecule has 164 valence electrons. The summed E-state index contributed by atoms with van der Waals surface area (Å²) < 4.78 is 11.3. The number of carbonyl (C=O) groups is 3. The molecule has 3 rings (SSSR count). The first kappa shape index (κ1) is 22.3. The number of esters is 1. The molecule has 7 nitrogen and oxygen atoms in total. The van der Waals surface area contributed by atoms with E-state index in [2.05, 4.69) is 0 Å². The van der Waals surface area contributed by atoms with Crippen molar-refractivity contribution in [3.8, 4) is 11.5 Å². The smallest absolute Gasteiger partial charge is 0.310 e. The quantitative estimate of drug-likeness (QED) is 0.425. The molecule has 0 radical (unpaired) electrons. The first-order chi connectivity index (χ1) is 14.4. The van der Waals surface area contributed by atoms with Gasteiger partial charge >= 0.3 is 5.97 Å². The second-order valence-corrected chi connectivity index (χ2v) is 8.72. The van der Waals surface area contributed by atoms with E-state index in [1.54, 1.807) is 39.0 Å². The number of fused-ring (bicyclic) bond motifs is 2. The molecule has 1 unspecified atom stereocenters. The minimum Gasteiger partial charge on any atom is -0.507 e. The van der Waals surface area contributed by atoms with E-state index in [1.165, 1.54) is 13.0 Å². The molecule has 0 fully saturated rings. The second-order valence-electron chi connectivity index (χ2n) is 8.72. The molecule has 31 heavy (non-hydrogen) atoms. The zero-order valence-corrected chi connectivity index (χ0v) is 18.0. The molecular formula is C24H26O7. The molecule has 2 aromatic rings. The molecule has 1 aliphatic heterocycles. The fourth-order valence-electron chi connectivity index (χ4n) is 3.67. The van der Waals surface area contributed by atoms with Crippen molar-refractivity contribution in [1.29, 1.82) is 0 Å². The number of allylic oxidation sites excluding steroid dienone is 1. The summed E-state index contributed by atoms with van der Waals surface area (Å²) in [6, 6.07) is 6.65. The number of phenols is 2. The number of benzene rings is 2. The number of carbonyl (C=O) groups excluding carboxylic acids is 3. The van der Waals surface area contributed by atoms with Gasteiger partial charge < -0.3 is 19.7 Å². The number of ether oxygens (including phenoxy) is 2. The van der Waals surface area contributed by atoms with Crippen LogP contribution in [0, 0.1) is 0 Å². The van der Waals surface area contributed by atoms with E-state index in [0.29, 0.717) is 17.4 Å². The SMILES string of the molecule is CC(=O)CC(=O)/C=C1/OC(CC(=O)OC(C)(C)C)Cc2cc3cccc(O)c3c(O)c21. The standard InChI is InChI=1S/C24H26O7/c1-13(25)8-16(26)11-19-22-15(9-14-6-5-7-18(27)21(14)23(22)29)10-17(30-19)12-20(28)31-24(2,3)4/h5-7,9,11,17,27,29H,8,10,12H2,1-4H3/b19-11+. The highest BCUT2D eigenvalue weighted by atomic mass is 16.6. The summed E-state index contributed by atoms with van der Waals surface area (Å²) in [7, 11) is 0. The van der Waals surface area contributed by atoms with Crippen molar-refractivity contribution in [2.24, 2.45) is 0 Å². The van der Waals surface area contributed by atoms with Crippen molar-refractivity contribution in [2.45, 2.75) is 58.7 Å². The van der Waals surface area contributed by atoms with Crippen molar-refractivity contribution in [3.63, 3.8) is 0 Å². The van der Waals surface area contributed by atoms with E-state index in [4.69, 9.17) is 9.47 Å². The highest BCUT2D eigenvalue weighted by Crippen LogP contribution is 2.44. The Morgan fingerprint density at radius 3 is 2.58 bits per heavy atom. The monoisotopic (exact) mass is 426 g/mol. The molecule has 0 saturated heterocycles. The number of phenolic OH excluding ortho intramolecular Hbond substituents is 2. The van der Waals surface area contributed by atoms with Crippen LogP contribution in [-0.2, 0) is 30.3 Å². The summed E-state index contributed by atoms with van der Waals surface area (Å²) in [6.45, 7) is 6.61. The van der Waals surface area contributed by atoms with Gasteiger partial charge in [-0.2, -0.15) is 0 Å². The van der Waals surface area contributed by atoms with Gasteiger partial charge in [-0.1, -0.05) is 12.1 Å². The summed E-state index contributed by atoms with van der Waals surface area (Å²) in [5.41, 5.74) is 0.287. The molecule has 2 N–H and O–H groups in total. The molecule has 1 aliphatic rings. The number of hydrogen-bond acceptors (Lipinski definition) is 7. The predicted molar refractivity (Wildman–Crippen MR) is 115 cm³/mol. The van der Waals surface area contributed by atoms with Crippen molar-refractivity contribution in [2.75, 3.05) is 0 Å². The lowest BCUT2D eigenvalue weighted by Crippen LogP contribution is -2.30. The lowest BCUT2D eigenvalue weighted by atomic mass is 9.90. The van der Waals surface area contributed by atoms with E-state index >= 15 is 0 Å². The summed E-state index contributed by atoms with van der Waals surface area (Å²) >= 11 is 0. The van der Waals surface area contributed by atoms with Crippen LogP contribution in [0.25, 0.3) is 16.5 Å². The summed E-state index contributed by atoms with van der Waals surface area (Å²) in [6.07, 6.45) is 0.485. The van der Waals surface area contributed by atoms with Gasteiger partial charge in [0.15, 0.2) is 5.78 Å². The third-order valence-electron chi connectivity index (χ3n) is 4.72. The normalized spacial score (nSPS) is 17.2. The Labute approximate surface area is 180 Å². The van der Waals surface area contributed by atoms with Gasteiger partial charge in [0.05, 0.1) is 23.8 Å². The molecule has 0 bridgehead atoms. The van der Waals surface area contributed by atoms with Crippen LogP contribution in [0.5, 0.6) is 11.5 Å². The zero-order chi connectivity index (χ0) is 22.9. The third-order valence-corrected chi connectivity index (χ3v) is 4.72. The first-order valence-corrected chi connectivity index (χ1v) is 10.0. The van der Waals surface area contributed by atoms with Gasteiger partial charge in [0.2, 0.25) is 0 Å². The lowest BCUT2D eigenvalue weighted by Gasteiger charge is -2.30. The first-order valence-electron chi connectivity index (χ1n) is 10.0. The maximum absolute atomic E-state index is 12.3. The number of hydrogen-bond donors (Lipinski definition) is 2. The molecule has 7 heteroatoms. The van der Waals surface area contributed by atoms with Gasteiger partial charge in [0.25, 0.3) is 0 Å². The Morgan fingerprint density at radius 1 is 1.23 bits per heavy atom. The predicted octanol–water partition coefficient (Wildman–Crippen LogP) is 3.81. The Morgan fingerprint density at radius 2 is 1.94 bits per heavy atom. The number of Topliss-reactive ketones (excluding diaryl/α,β-unsaturated/α-hetero) is 1. The van der Waals surface area contributed by atoms with E-state index in [1.807, 2.05) is 0 Å². The van der Waals surface area contributed by atoms with Crippen molar-refractivity contribution < 1.29 is 34.1 Å². The van der Waals surface area contributed by atoms with E-state index in [9.17, 15) is 24.6 Å². The maximum Gasteiger partial charge on any atom is 0.310 e. The highest BCUT2D eigenvalue weighted by Gasteiger charge is 2.31. The number of ketones is 2. The van der Waals surface area contributed by atoms with Crippen LogP contribution in [0.15, 0.2) is 30.3 Å². The lowest BCUT2D eigenvalue weighted by molar-refractivity contribution is -0.157. The van der Waals surface area contributed by atoms with Crippen molar-refractivity contribution in [3.05, 3.63) is 41.5 Å². The van der Waals surface area contributed by atoms with Crippen LogP contribution in [0.1, 0.15) is 51.7 Å².